The summed E-state index contributed by atoms with van der Waals surface area (Å²) in [4.78, 5) is 25.2. The maximum atomic E-state index is 12.6. The van der Waals surface area contributed by atoms with Crippen LogP contribution in [0.2, 0.25) is 0 Å². The summed E-state index contributed by atoms with van der Waals surface area (Å²) < 4.78 is 16.2. The van der Waals surface area contributed by atoms with Crippen LogP contribution in [0, 0.1) is 5.92 Å². The van der Waals surface area contributed by atoms with Gasteiger partial charge in [-0.1, -0.05) is 82.3 Å². The van der Waals surface area contributed by atoms with Crippen LogP contribution in [0.15, 0.2) is 81.8 Å². The van der Waals surface area contributed by atoms with Crippen LogP contribution in [-0.4, -0.2) is 38.4 Å². The molecule has 40 heavy (non-hydrogen) atoms. The van der Waals surface area contributed by atoms with Gasteiger partial charge in [0.05, 0.1) is 0 Å². The van der Waals surface area contributed by atoms with Crippen LogP contribution in [-0.2, 0) is 11.2 Å². The van der Waals surface area contributed by atoms with Crippen LogP contribution in [0.4, 0.5) is 0 Å². The van der Waals surface area contributed by atoms with Gasteiger partial charge >= 0.3 is 5.97 Å². The normalized spacial score (nSPS) is 17.1. The minimum atomic E-state index is -0.587. The Morgan fingerprint density at radius 3 is 2.17 bits per heavy atom. The van der Waals surface area contributed by atoms with E-state index >= 15 is 0 Å². The molecule has 1 atom stereocenters. The number of ether oxygens (including phenoxy) is 1. The van der Waals surface area contributed by atoms with Crippen LogP contribution in [0.1, 0.15) is 56.9 Å². The number of carbonyl (C=O) groups excluding carboxylic acids is 2. The van der Waals surface area contributed by atoms with E-state index in [1.54, 1.807) is 19.1 Å². The molecule has 1 fully saturated rings. The van der Waals surface area contributed by atoms with Crippen LogP contribution in [0.3, 0.4) is 0 Å². The molecule has 202 valence electrons. The molecule has 0 unspecified atom stereocenters. The number of benzene rings is 2. The van der Waals surface area contributed by atoms with Crippen molar-refractivity contribution < 1.29 is 23.4 Å². The molecule has 1 amide bonds. The fraction of sp³-hybridized carbons (Fsp3) is 0.241. The Labute approximate surface area is 233 Å². The summed E-state index contributed by atoms with van der Waals surface area (Å²) in [6.45, 7) is 1.75. The highest BCUT2D eigenvalue weighted by atomic mass is 32.1. The zero-order valence-electron chi connectivity index (χ0n) is 21.5. The molecule has 3 aromatic heterocycles. The number of aromatic nitrogens is 4. The Bertz CT molecular complexity index is 1610. The Morgan fingerprint density at radius 2 is 1.52 bits per heavy atom. The number of nitrogens with zero attached hydrogens (tertiary/aromatic N) is 4. The fourth-order valence-corrected chi connectivity index (χ4v) is 5.48. The molecule has 0 spiro atoms. The van der Waals surface area contributed by atoms with Crippen molar-refractivity contribution in [3.8, 4) is 22.6 Å². The van der Waals surface area contributed by atoms with E-state index in [9.17, 15) is 9.59 Å². The molecule has 1 aliphatic carbocycles. The zero-order valence-corrected chi connectivity index (χ0v) is 22.3. The molecular formula is C29H25N5O5S. The van der Waals surface area contributed by atoms with Crippen molar-refractivity contribution >= 4 is 23.2 Å². The Hall–Kier alpha value is -4.64. The third-order valence-corrected chi connectivity index (χ3v) is 7.83. The Kier molecular flexibility index (Phi) is 7.19. The smallest absolute Gasteiger partial charge is 0.361 e. The quantitative estimate of drug-likeness (QED) is 0.233. The summed E-state index contributed by atoms with van der Waals surface area (Å²) >= 11 is 1.42. The van der Waals surface area contributed by atoms with Crippen molar-refractivity contribution in [1.82, 2.24) is 25.8 Å². The summed E-state index contributed by atoms with van der Waals surface area (Å²) in [7, 11) is 0. The van der Waals surface area contributed by atoms with Crippen molar-refractivity contribution in [2.24, 2.45) is 5.92 Å². The third-order valence-electron chi connectivity index (χ3n) is 6.73. The SMILES string of the molecule is C[C@H](OC(=O)c1cc(-c2ccccc2)on1)c1nnc(CC2CC(NC(=O)c3cc(-c4ccccc4)on3)C2)s1. The molecule has 6 rings (SSSR count). The van der Waals surface area contributed by atoms with E-state index < -0.39 is 12.1 Å². The number of hydrogen-bond donors (Lipinski definition) is 1. The van der Waals surface area contributed by atoms with Crippen LogP contribution in [0.5, 0.6) is 0 Å². The number of nitrogens with one attached hydrogen (secondary N) is 1. The molecule has 3 heterocycles. The standard InChI is InChI=1S/C29H25N5O5S/c1-17(37-29(36)23-16-25(39-34-23)20-10-6-3-7-11-20)28-32-31-26(40-28)14-18-12-21(13-18)30-27(35)22-15-24(38-33-22)19-8-4-2-5-9-19/h2-11,15-18,21H,12-14H2,1H3,(H,30,35)/t17-,18?,21?/m0/s1. The molecule has 1 saturated carbocycles. The Balaban J connectivity index is 0.964. The predicted molar refractivity (Wildman–Crippen MR) is 145 cm³/mol. The first kappa shape index (κ1) is 25.6. The van der Waals surface area contributed by atoms with Gasteiger partial charge in [-0.25, -0.2) is 4.79 Å². The van der Waals surface area contributed by atoms with Gasteiger partial charge in [0.25, 0.3) is 5.91 Å². The van der Waals surface area contributed by atoms with Gasteiger partial charge in [-0.2, -0.15) is 0 Å². The largest absolute Gasteiger partial charge is 0.450 e. The van der Waals surface area contributed by atoms with Crippen molar-refractivity contribution in [2.75, 3.05) is 0 Å². The number of amides is 1. The van der Waals surface area contributed by atoms with Gasteiger partial charge in [0.2, 0.25) is 0 Å². The maximum Gasteiger partial charge on any atom is 0.361 e. The lowest BCUT2D eigenvalue weighted by Gasteiger charge is -2.35. The highest BCUT2D eigenvalue weighted by molar-refractivity contribution is 7.11. The molecule has 0 bridgehead atoms. The van der Waals surface area contributed by atoms with E-state index in [1.165, 1.54) is 11.3 Å². The summed E-state index contributed by atoms with van der Waals surface area (Å²) in [6.07, 6.45) is 1.85. The fourth-order valence-electron chi connectivity index (χ4n) is 4.54. The molecule has 0 aliphatic heterocycles. The second-order valence-electron chi connectivity index (χ2n) is 9.68. The highest BCUT2D eigenvalue weighted by Gasteiger charge is 2.32. The molecule has 5 aromatic rings. The average Bonchev–Trinajstić information content (AvgIpc) is 3.74. The molecule has 0 saturated heterocycles. The number of hydrogen-bond acceptors (Lipinski definition) is 10. The predicted octanol–water partition coefficient (Wildman–Crippen LogP) is 5.52. The number of esters is 1. The molecule has 11 heteroatoms. The molecule has 1 N–H and O–H groups in total. The first-order chi connectivity index (χ1) is 19.5. The minimum absolute atomic E-state index is 0.0740. The first-order valence-electron chi connectivity index (χ1n) is 12.9. The average molecular weight is 556 g/mol. The van der Waals surface area contributed by atoms with Crippen molar-refractivity contribution in [3.63, 3.8) is 0 Å². The van der Waals surface area contributed by atoms with E-state index in [-0.39, 0.29) is 23.3 Å². The Morgan fingerprint density at radius 1 is 0.925 bits per heavy atom. The number of carbonyl (C=O) groups is 2. The third kappa shape index (κ3) is 5.69. The molecule has 10 nitrogen and oxygen atoms in total. The van der Waals surface area contributed by atoms with Crippen LogP contribution in [0.25, 0.3) is 22.6 Å². The lowest BCUT2D eigenvalue weighted by molar-refractivity contribution is 0.0324. The van der Waals surface area contributed by atoms with Gasteiger partial charge in [-0.3, -0.25) is 4.79 Å². The van der Waals surface area contributed by atoms with Crippen molar-refractivity contribution in [2.45, 2.75) is 38.3 Å². The second-order valence-corrected chi connectivity index (χ2v) is 10.8. The molecule has 1 aliphatic rings. The minimum Gasteiger partial charge on any atom is -0.450 e. The summed E-state index contributed by atoms with van der Waals surface area (Å²) in [5, 5.41) is 20.8. The van der Waals surface area contributed by atoms with Gasteiger partial charge < -0.3 is 19.1 Å². The topological polar surface area (TPSA) is 133 Å². The van der Waals surface area contributed by atoms with Crippen molar-refractivity contribution in [1.29, 1.82) is 0 Å². The summed E-state index contributed by atoms with van der Waals surface area (Å²) in [5.41, 5.74) is 2.05. The van der Waals surface area contributed by atoms with E-state index in [1.807, 2.05) is 60.7 Å². The van der Waals surface area contributed by atoms with Gasteiger partial charge in [0.15, 0.2) is 34.0 Å². The van der Waals surface area contributed by atoms with Crippen LogP contribution < -0.4 is 5.32 Å². The van der Waals surface area contributed by atoms with Gasteiger partial charge in [-0.05, 0) is 25.7 Å². The van der Waals surface area contributed by atoms with Gasteiger partial charge in [0, 0.05) is 35.7 Å². The van der Waals surface area contributed by atoms with E-state index in [0.29, 0.717) is 22.4 Å². The zero-order chi connectivity index (χ0) is 27.5. The lowest BCUT2D eigenvalue weighted by atomic mass is 9.78. The summed E-state index contributed by atoms with van der Waals surface area (Å²) in [5.74, 6) is 0.600. The van der Waals surface area contributed by atoms with Gasteiger partial charge in [0.1, 0.15) is 5.01 Å². The van der Waals surface area contributed by atoms with Crippen molar-refractivity contribution in [3.05, 3.63) is 94.2 Å². The monoisotopic (exact) mass is 555 g/mol. The number of rotatable bonds is 9. The molecular weight excluding hydrogens is 530 g/mol. The summed E-state index contributed by atoms with van der Waals surface area (Å²) in [6, 6.07) is 22.2. The second kappa shape index (κ2) is 11.2. The molecule has 2 aromatic carbocycles. The van der Waals surface area contributed by atoms with E-state index in [0.717, 1.165) is 35.4 Å². The lowest BCUT2D eigenvalue weighted by Crippen LogP contribution is -2.45. The van der Waals surface area contributed by atoms with Crippen LogP contribution >= 0.6 is 11.3 Å². The van der Waals surface area contributed by atoms with E-state index in [2.05, 4.69) is 25.8 Å². The van der Waals surface area contributed by atoms with Gasteiger partial charge in [-0.15, -0.1) is 10.2 Å². The van der Waals surface area contributed by atoms with E-state index in [4.69, 9.17) is 13.8 Å². The maximum absolute atomic E-state index is 12.6. The highest BCUT2D eigenvalue weighted by Crippen LogP contribution is 2.33. The molecule has 0 radical (unpaired) electrons. The first-order valence-corrected chi connectivity index (χ1v) is 13.7.